The summed E-state index contributed by atoms with van der Waals surface area (Å²) in [5, 5.41) is 11.0. The molecule has 0 bridgehead atoms. The molecule has 0 aliphatic carbocycles. The van der Waals surface area contributed by atoms with Gasteiger partial charge in [0.05, 0.1) is 11.5 Å². The van der Waals surface area contributed by atoms with Gasteiger partial charge in [-0.15, -0.1) is 0 Å². The second kappa shape index (κ2) is 3.98. The second-order valence-electron chi connectivity index (χ2n) is 3.71. The predicted octanol–water partition coefficient (Wildman–Crippen LogP) is -0.274. The average molecular weight is 207 g/mol. The molecule has 15 heavy (non-hydrogen) atoms. The van der Waals surface area contributed by atoms with Gasteiger partial charge in [-0.05, 0) is 18.9 Å². The van der Waals surface area contributed by atoms with Crippen molar-refractivity contribution >= 4 is 5.97 Å². The van der Waals surface area contributed by atoms with Crippen LogP contribution in [0.15, 0.2) is 18.3 Å². The number of carboxylic acids is 1. The highest BCUT2D eigenvalue weighted by Gasteiger charge is 2.28. The molecule has 0 spiro atoms. The van der Waals surface area contributed by atoms with Gasteiger partial charge in [0.25, 0.3) is 0 Å². The fraction of sp³-hybridized carbons (Fsp3) is 0.455. The lowest BCUT2D eigenvalue weighted by Crippen LogP contribution is -2.39. The number of pyridine rings is 1. The van der Waals surface area contributed by atoms with Crippen LogP contribution in [0.25, 0.3) is 0 Å². The summed E-state index contributed by atoms with van der Waals surface area (Å²) in [6.07, 6.45) is 3.57. The van der Waals surface area contributed by atoms with Gasteiger partial charge in [-0.3, -0.25) is 0 Å². The number of hydrogen-bond acceptors (Lipinski definition) is 3. The first-order valence-electron chi connectivity index (χ1n) is 5.01. The molecule has 1 atom stereocenters. The van der Waals surface area contributed by atoms with E-state index in [0.29, 0.717) is 12.3 Å². The number of aryl methyl sites for hydroxylation is 1. The van der Waals surface area contributed by atoms with Crippen molar-refractivity contribution in [2.75, 3.05) is 6.61 Å². The van der Waals surface area contributed by atoms with E-state index in [1.165, 1.54) is 0 Å². The largest absolute Gasteiger partial charge is 0.545 e. The lowest BCUT2D eigenvalue weighted by atomic mass is 10.1. The summed E-state index contributed by atoms with van der Waals surface area (Å²) in [7, 11) is 1.82. The number of carbonyl (C=O) groups excluding carboxylic acids is 1. The minimum Gasteiger partial charge on any atom is -0.545 e. The van der Waals surface area contributed by atoms with Crippen LogP contribution >= 0.6 is 0 Å². The van der Waals surface area contributed by atoms with Crippen LogP contribution in [-0.4, -0.2) is 12.6 Å². The topological polar surface area (TPSA) is 53.2 Å². The monoisotopic (exact) mass is 207 g/mol. The first-order valence-corrected chi connectivity index (χ1v) is 5.01. The maximum atomic E-state index is 11.0. The molecule has 1 unspecified atom stereocenters. The molecule has 1 aromatic rings. The van der Waals surface area contributed by atoms with Crippen LogP contribution < -0.4 is 9.67 Å². The van der Waals surface area contributed by atoms with Crippen molar-refractivity contribution in [2.45, 2.75) is 18.9 Å². The van der Waals surface area contributed by atoms with Crippen molar-refractivity contribution in [1.29, 1.82) is 0 Å². The molecule has 1 fully saturated rings. The van der Waals surface area contributed by atoms with Gasteiger partial charge in [0, 0.05) is 12.7 Å². The highest BCUT2D eigenvalue weighted by atomic mass is 16.5. The van der Waals surface area contributed by atoms with Crippen LogP contribution in [0.5, 0.6) is 0 Å². The molecule has 1 aliphatic rings. The van der Waals surface area contributed by atoms with Gasteiger partial charge in [-0.2, -0.15) is 0 Å². The summed E-state index contributed by atoms with van der Waals surface area (Å²) in [6.45, 7) is 0.700. The molecule has 0 aromatic carbocycles. The number of nitrogens with zero attached hydrogens (tertiary/aromatic N) is 1. The Morgan fingerprint density at radius 1 is 1.67 bits per heavy atom. The van der Waals surface area contributed by atoms with E-state index in [2.05, 4.69) is 0 Å². The maximum absolute atomic E-state index is 11.0. The van der Waals surface area contributed by atoms with Crippen LogP contribution in [0.4, 0.5) is 0 Å². The Kier molecular flexibility index (Phi) is 2.68. The Morgan fingerprint density at radius 3 is 3.07 bits per heavy atom. The first kappa shape index (κ1) is 10.1. The predicted molar refractivity (Wildman–Crippen MR) is 49.9 cm³/mol. The number of rotatable bonds is 2. The third-order valence-corrected chi connectivity index (χ3v) is 2.68. The molecule has 2 rings (SSSR count). The number of carbonyl (C=O) groups is 1. The number of aromatic carboxylic acids is 1. The summed E-state index contributed by atoms with van der Waals surface area (Å²) in [5.41, 5.74) is 0.932. The van der Waals surface area contributed by atoms with Gasteiger partial charge < -0.3 is 14.6 Å². The zero-order valence-corrected chi connectivity index (χ0v) is 8.60. The maximum Gasteiger partial charge on any atom is 0.219 e. The SMILES string of the molecule is C[n+]1cccc(C(=O)[O-])c1C1CCCO1. The molecule has 0 amide bonds. The zero-order valence-electron chi connectivity index (χ0n) is 8.60. The van der Waals surface area contributed by atoms with Gasteiger partial charge in [0.2, 0.25) is 5.69 Å². The third-order valence-electron chi connectivity index (χ3n) is 2.68. The molecule has 1 aromatic heterocycles. The first-order chi connectivity index (χ1) is 7.20. The van der Waals surface area contributed by atoms with Crippen molar-refractivity contribution in [3.63, 3.8) is 0 Å². The highest BCUT2D eigenvalue weighted by molar-refractivity contribution is 5.86. The fourth-order valence-electron chi connectivity index (χ4n) is 1.99. The third kappa shape index (κ3) is 1.85. The lowest BCUT2D eigenvalue weighted by molar-refractivity contribution is -0.683. The van der Waals surface area contributed by atoms with E-state index in [4.69, 9.17) is 4.74 Å². The van der Waals surface area contributed by atoms with Crippen LogP contribution in [0, 0.1) is 0 Å². The Hall–Kier alpha value is -1.42. The van der Waals surface area contributed by atoms with Crippen LogP contribution in [0.3, 0.4) is 0 Å². The van der Waals surface area contributed by atoms with Gasteiger partial charge >= 0.3 is 0 Å². The van der Waals surface area contributed by atoms with Crippen LogP contribution in [0.2, 0.25) is 0 Å². The number of aromatic nitrogens is 1. The molecule has 4 heteroatoms. The summed E-state index contributed by atoms with van der Waals surface area (Å²) in [4.78, 5) is 11.0. The molecule has 1 aliphatic heterocycles. The molecule has 0 N–H and O–H groups in total. The van der Waals surface area contributed by atoms with Gasteiger partial charge in [0.1, 0.15) is 13.2 Å². The molecular formula is C11H13NO3. The Labute approximate surface area is 88.1 Å². The molecule has 4 nitrogen and oxygen atoms in total. The van der Waals surface area contributed by atoms with Gasteiger partial charge in [-0.25, -0.2) is 4.57 Å². The van der Waals surface area contributed by atoms with Crippen molar-refractivity contribution in [2.24, 2.45) is 7.05 Å². The van der Waals surface area contributed by atoms with E-state index in [9.17, 15) is 9.90 Å². The Morgan fingerprint density at radius 2 is 2.47 bits per heavy atom. The number of carboxylic acid groups (broad SMARTS) is 1. The van der Waals surface area contributed by atoms with E-state index in [1.54, 1.807) is 16.7 Å². The van der Waals surface area contributed by atoms with Crippen molar-refractivity contribution in [3.8, 4) is 0 Å². The van der Waals surface area contributed by atoms with Gasteiger partial charge in [-0.1, -0.05) is 0 Å². The lowest BCUT2D eigenvalue weighted by Gasteiger charge is -2.12. The van der Waals surface area contributed by atoms with E-state index >= 15 is 0 Å². The number of hydrogen-bond donors (Lipinski definition) is 0. The quantitative estimate of drug-likeness (QED) is 0.627. The molecule has 1 saturated heterocycles. The normalized spacial score (nSPS) is 20.5. The second-order valence-corrected chi connectivity index (χ2v) is 3.71. The summed E-state index contributed by atoms with van der Waals surface area (Å²) < 4.78 is 7.29. The summed E-state index contributed by atoms with van der Waals surface area (Å²) >= 11 is 0. The van der Waals surface area contributed by atoms with Crippen molar-refractivity contribution in [1.82, 2.24) is 0 Å². The summed E-state index contributed by atoms with van der Waals surface area (Å²) in [5.74, 6) is -1.14. The van der Waals surface area contributed by atoms with Crippen LogP contribution in [0.1, 0.15) is 35.0 Å². The Balaban J connectivity index is 2.46. The zero-order chi connectivity index (χ0) is 10.8. The average Bonchev–Trinajstić information content (AvgIpc) is 2.70. The molecular weight excluding hydrogens is 194 g/mol. The standard InChI is InChI=1S/C11H13NO3/c1-12-6-2-4-8(11(13)14)10(12)9-5-3-7-15-9/h2,4,6,9H,3,5,7H2,1H3. The number of ether oxygens (including phenoxy) is 1. The van der Waals surface area contributed by atoms with E-state index in [0.717, 1.165) is 12.8 Å². The fourth-order valence-corrected chi connectivity index (χ4v) is 1.99. The molecule has 80 valence electrons. The van der Waals surface area contributed by atoms with E-state index < -0.39 is 5.97 Å². The van der Waals surface area contributed by atoms with E-state index in [1.807, 2.05) is 13.2 Å². The van der Waals surface area contributed by atoms with Crippen LogP contribution in [-0.2, 0) is 11.8 Å². The minimum absolute atomic E-state index is 0.107. The van der Waals surface area contributed by atoms with Gasteiger partial charge in [0.15, 0.2) is 6.20 Å². The molecule has 0 radical (unpaired) electrons. The van der Waals surface area contributed by atoms with Crippen molar-refractivity contribution < 1.29 is 19.2 Å². The molecule has 2 heterocycles. The highest BCUT2D eigenvalue weighted by Crippen LogP contribution is 2.27. The van der Waals surface area contributed by atoms with Crippen molar-refractivity contribution in [3.05, 3.63) is 29.6 Å². The smallest absolute Gasteiger partial charge is 0.219 e. The van der Waals surface area contributed by atoms with E-state index in [-0.39, 0.29) is 11.7 Å². The Bertz CT molecular complexity index is 383. The minimum atomic E-state index is -1.14. The summed E-state index contributed by atoms with van der Waals surface area (Å²) in [6, 6.07) is 3.26. The molecule has 0 saturated carbocycles.